The van der Waals surface area contributed by atoms with Crippen molar-refractivity contribution < 1.29 is 0 Å². The van der Waals surface area contributed by atoms with Crippen molar-refractivity contribution in [3.63, 3.8) is 0 Å². The van der Waals surface area contributed by atoms with E-state index in [1.165, 1.54) is 17.6 Å². The van der Waals surface area contributed by atoms with E-state index in [0.29, 0.717) is 5.92 Å². The van der Waals surface area contributed by atoms with E-state index in [1.807, 2.05) is 0 Å². The molecule has 62 valence electrons. The smallest absolute Gasteiger partial charge is 0.00619 e. The van der Waals surface area contributed by atoms with E-state index in [0.717, 1.165) is 5.92 Å². The van der Waals surface area contributed by atoms with Crippen molar-refractivity contribution in [3.05, 3.63) is 48.0 Å². The summed E-state index contributed by atoms with van der Waals surface area (Å²) in [7, 11) is 0. The quantitative estimate of drug-likeness (QED) is 0.550. The first kappa shape index (κ1) is 7.60. The van der Waals surface area contributed by atoms with E-state index < -0.39 is 0 Å². The van der Waals surface area contributed by atoms with Gasteiger partial charge in [0, 0.05) is 0 Å². The molecular formula is C12H14. The van der Waals surface area contributed by atoms with Gasteiger partial charge in [-0.1, -0.05) is 49.4 Å². The second-order valence-corrected chi connectivity index (χ2v) is 3.67. The maximum Gasteiger partial charge on any atom is -0.00619 e. The standard InChI is InChI=1S/C12H14/c1-9-8-12(10(9)2)11-6-4-3-5-7-11/h3-7,10,12H,1,8H2,2H3. The molecule has 0 heteroatoms. The zero-order valence-corrected chi connectivity index (χ0v) is 7.46. The average molecular weight is 158 g/mol. The highest BCUT2D eigenvalue weighted by atomic mass is 14.4. The Morgan fingerprint density at radius 1 is 1.25 bits per heavy atom. The minimum Gasteiger partial charge on any atom is -0.0995 e. The molecule has 0 saturated heterocycles. The van der Waals surface area contributed by atoms with Gasteiger partial charge in [-0.15, -0.1) is 0 Å². The van der Waals surface area contributed by atoms with Crippen LogP contribution in [0.2, 0.25) is 0 Å². The third-order valence-corrected chi connectivity index (χ3v) is 2.96. The summed E-state index contributed by atoms with van der Waals surface area (Å²) >= 11 is 0. The molecule has 0 heterocycles. The maximum absolute atomic E-state index is 4.02. The molecule has 1 aliphatic rings. The van der Waals surface area contributed by atoms with Crippen LogP contribution in [-0.2, 0) is 0 Å². The maximum atomic E-state index is 4.02. The lowest BCUT2D eigenvalue weighted by Gasteiger charge is -2.37. The highest BCUT2D eigenvalue weighted by Crippen LogP contribution is 2.45. The molecule has 1 fully saturated rings. The SMILES string of the molecule is C=C1CC(c2ccccc2)C1C. The molecule has 0 aromatic heterocycles. The number of allylic oxidation sites excluding steroid dienone is 1. The fourth-order valence-corrected chi connectivity index (χ4v) is 1.88. The molecule has 2 rings (SSSR count). The number of rotatable bonds is 1. The molecule has 0 amide bonds. The largest absolute Gasteiger partial charge is 0.0995 e. The summed E-state index contributed by atoms with van der Waals surface area (Å²) < 4.78 is 0. The molecule has 12 heavy (non-hydrogen) atoms. The number of benzene rings is 1. The van der Waals surface area contributed by atoms with Gasteiger partial charge in [-0.25, -0.2) is 0 Å². The molecule has 1 aliphatic carbocycles. The fraction of sp³-hybridized carbons (Fsp3) is 0.333. The van der Waals surface area contributed by atoms with E-state index in [9.17, 15) is 0 Å². The predicted octanol–water partition coefficient (Wildman–Crippen LogP) is 3.37. The van der Waals surface area contributed by atoms with Crippen molar-refractivity contribution in [2.45, 2.75) is 19.3 Å². The van der Waals surface area contributed by atoms with E-state index in [4.69, 9.17) is 0 Å². The van der Waals surface area contributed by atoms with Gasteiger partial charge in [-0.05, 0) is 23.8 Å². The van der Waals surface area contributed by atoms with Crippen LogP contribution in [0.5, 0.6) is 0 Å². The van der Waals surface area contributed by atoms with Gasteiger partial charge in [0.2, 0.25) is 0 Å². The Morgan fingerprint density at radius 2 is 1.92 bits per heavy atom. The summed E-state index contributed by atoms with van der Waals surface area (Å²) in [6, 6.07) is 10.7. The van der Waals surface area contributed by atoms with Crippen molar-refractivity contribution >= 4 is 0 Å². The van der Waals surface area contributed by atoms with Gasteiger partial charge in [0.05, 0.1) is 0 Å². The molecule has 0 aliphatic heterocycles. The van der Waals surface area contributed by atoms with Gasteiger partial charge in [0.25, 0.3) is 0 Å². The van der Waals surface area contributed by atoms with Gasteiger partial charge in [-0.3, -0.25) is 0 Å². The lowest BCUT2D eigenvalue weighted by Crippen LogP contribution is -2.23. The molecule has 2 atom stereocenters. The van der Waals surface area contributed by atoms with Gasteiger partial charge >= 0.3 is 0 Å². The Morgan fingerprint density at radius 3 is 2.42 bits per heavy atom. The lowest BCUT2D eigenvalue weighted by atomic mass is 9.68. The molecule has 0 N–H and O–H groups in total. The minimum atomic E-state index is 0.687. The van der Waals surface area contributed by atoms with Crippen LogP contribution < -0.4 is 0 Å². The van der Waals surface area contributed by atoms with Crippen molar-refractivity contribution in [1.82, 2.24) is 0 Å². The average Bonchev–Trinajstić information content (AvgIpc) is 2.15. The van der Waals surface area contributed by atoms with Crippen LogP contribution in [-0.4, -0.2) is 0 Å². The molecule has 1 aromatic rings. The summed E-state index contributed by atoms with van der Waals surface area (Å²) in [6.07, 6.45) is 1.19. The predicted molar refractivity (Wildman–Crippen MR) is 52.1 cm³/mol. The summed E-state index contributed by atoms with van der Waals surface area (Å²) in [5.74, 6) is 1.42. The van der Waals surface area contributed by atoms with Gasteiger partial charge in [-0.2, -0.15) is 0 Å². The monoisotopic (exact) mass is 158 g/mol. The first-order chi connectivity index (χ1) is 5.79. The Balaban J connectivity index is 2.18. The molecule has 2 unspecified atom stereocenters. The highest BCUT2D eigenvalue weighted by molar-refractivity contribution is 5.30. The zero-order chi connectivity index (χ0) is 8.55. The van der Waals surface area contributed by atoms with Crippen LogP contribution in [0.15, 0.2) is 42.5 Å². The Labute approximate surface area is 73.9 Å². The zero-order valence-electron chi connectivity index (χ0n) is 7.46. The minimum absolute atomic E-state index is 0.687. The van der Waals surface area contributed by atoms with E-state index in [2.05, 4.69) is 43.8 Å². The Kier molecular flexibility index (Phi) is 1.76. The van der Waals surface area contributed by atoms with Crippen molar-refractivity contribution in [2.75, 3.05) is 0 Å². The molecule has 0 nitrogen and oxygen atoms in total. The van der Waals surface area contributed by atoms with Crippen LogP contribution in [0.25, 0.3) is 0 Å². The third kappa shape index (κ3) is 1.08. The molecule has 1 aromatic carbocycles. The van der Waals surface area contributed by atoms with E-state index >= 15 is 0 Å². The Bertz CT molecular complexity index is 284. The summed E-state index contributed by atoms with van der Waals surface area (Å²) in [6.45, 7) is 6.28. The number of hydrogen-bond acceptors (Lipinski definition) is 0. The van der Waals surface area contributed by atoms with Crippen LogP contribution in [0.4, 0.5) is 0 Å². The van der Waals surface area contributed by atoms with Crippen LogP contribution >= 0.6 is 0 Å². The highest BCUT2D eigenvalue weighted by Gasteiger charge is 2.31. The van der Waals surface area contributed by atoms with Gasteiger partial charge in [0.1, 0.15) is 0 Å². The second-order valence-electron chi connectivity index (χ2n) is 3.67. The Hall–Kier alpha value is -1.04. The summed E-state index contributed by atoms with van der Waals surface area (Å²) in [5, 5.41) is 0. The molecule has 0 spiro atoms. The van der Waals surface area contributed by atoms with Crippen LogP contribution in [0.1, 0.15) is 24.8 Å². The molecule has 1 saturated carbocycles. The van der Waals surface area contributed by atoms with Crippen molar-refractivity contribution in [3.8, 4) is 0 Å². The summed E-state index contributed by atoms with van der Waals surface area (Å²) in [5.41, 5.74) is 2.88. The summed E-state index contributed by atoms with van der Waals surface area (Å²) in [4.78, 5) is 0. The van der Waals surface area contributed by atoms with Crippen LogP contribution in [0, 0.1) is 5.92 Å². The fourth-order valence-electron chi connectivity index (χ4n) is 1.88. The topological polar surface area (TPSA) is 0 Å². The molecular weight excluding hydrogens is 144 g/mol. The third-order valence-electron chi connectivity index (χ3n) is 2.96. The molecule has 0 radical (unpaired) electrons. The first-order valence-corrected chi connectivity index (χ1v) is 4.51. The lowest BCUT2D eigenvalue weighted by molar-refractivity contribution is 0.402. The van der Waals surface area contributed by atoms with Crippen molar-refractivity contribution in [1.29, 1.82) is 0 Å². The normalized spacial score (nSPS) is 28.2. The van der Waals surface area contributed by atoms with Crippen molar-refractivity contribution in [2.24, 2.45) is 5.92 Å². The van der Waals surface area contributed by atoms with Gasteiger partial charge in [0.15, 0.2) is 0 Å². The second kappa shape index (κ2) is 2.78. The first-order valence-electron chi connectivity index (χ1n) is 4.51. The molecule has 0 bridgehead atoms. The number of hydrogen-bond donors (Lipinski definition) is 0. The van der Waals surface area contributed by atoms with Crippen LogP contribution in [0.3, 0.4) is 0 Å². The van der Waals surface area contributed by atoms with E-state index in [1.54, 1.807) is 0 Å². The van der Waals surface area contributed by atoms with E-state index in [-0.39, 0.29) is 0 Å². The van der Waals surface area contributed by atoms with Gasteiger partial charge < -0.3 is 0 Å².